The van der Waals surface area contributed by atoms with E-state index in [1.807, 2.05) is 0 Å². The van der Waals surface area contributed by atoms with E-state index in [9.17, 15) is 4.57 Å². The van der Waals surface area contributed by atoms with E-state index in [2.05, 4.69) is 0 Å². The maximum atomic E-state index is 11.5. The second-order valence-electron chi connectivity index (χ2n) is 1.90. The lowest BCUT2D eigenvalue weighted by atomic mass is 10.8. The van der Waals surface area contributed by atoms with E-state index in [1.165, 1.54) is 0 Å². The van der Waals surface area contributed by atoms with E-state index in [4.69, 9.17) is 25.9 Å². The molecule has 0 bridgehead atoms. The van der Waals surface area contributed by atoms with Crippen molar-refractivity contribution in [2.45, 2.75) is 19.4 Å². The monoisotopic (exact) mass is 211 g/mol. The second kappa shape index (κ2) is 5.55. The highest BCUT2D eigenvalue weighted by atomic mass is 35.5. The Kier molecular flexibility index (Phi) is 5.52. The Balaban J connectivity index is 4.16. The summed E-state index contributed by atoms with van der Waals surface area (Å²) in [4.78, 5) is 0. The van der Waals surface area contributed by atoms with Crippen LogP contribution in [-0.4, -0.2) is 18.3 Å². The van der Waals surface area contributed by atoms with E-state index >= 15 is 0 Å². The molecule has 0 heterocycles. The third-order valence-corrected chi connectivity index (χ3v) is 3.34. The average molecular weight is 212 g/mol. The quantitative estimate of drug-likeness (QED) is 0.517. The lowest BCUT2D eigenvalue weighted by Gasteiger charge is -2.15. The molecule has 0 amide bonds. The molecule has 0 spiro atoms. The van der Waals surface area contributed by atoms with Crippen LogP contribution in [0.3, 0.4) is 0 Å². The number of alkyl halides is 1. The van der Waals surface area contributed by atoms with Crippen molar-refractivity contribution in [1.29, 1.82) is 5.26 Å². The third-order valence-electron chi connectivity index (χ3n) is 1.07. The fraction of sp³-hybridized carbons (Fsp3) is 0.833. The van der Waals surface area contributed by atoms with Crippen LogP contribution in [-0.2, 0) is 13.6 Å². The summed E-state index contributed by atoms with van der Waals surface area (Å²) in [5.41, 5.74) is -1.21. The Labute approximate surface area is 76.9 Å². The van der Waals surface area contributed by atoms with Crippen molar-refractivity contribution in [1.82, 2.24) is 0 Å². The molecule has 0 rings (SSSR count). The summed E-state index contributed by atoms with van der Waals surface area (Å²) in [5.74, 6) is 0. The van der Waals surface area contributed by atoms with Crippen LogP contribution in [0.4, 0.5) is 0 Å². The molecule has 0 aliphatic carbocycles. The highest BCUT2D eigenvalue weighted by Crippen LogP contribution is 2.49. The molecule has 0 aliphatic heterocycles. The molecule has 0 radical (unpaired) electrons. The van der Waals surface area contributed by atoms with Gasteiger partial charge < -0.3 is 4.52 Å². The third kappa shape index (κ3) is 4.08. The van der Waals surface area contributed by atoms with Gasteiger partial charge in [0.2, 0.25) is 5.56 Å². The van der Waals surface area contributed by atoms with Gasteiger partial charge in [-0.3, -0.25) is 9.09 Å². The summed E-state index contributed by atoms with van der Waals surface area (Å²) in [6.07, 6.45) is 0.214. The molecule has 0 N–H and O–H groups in total. The van der Waals surface area contributed by atoms with Crippen LogP contribution in [0.5, 0.6) is 0 Å². The summed E-state index contributed by atoms with van der Waals surface area (Å²) < 4.78 is 21.0. The van der Waals surface area contributed by atoms with Crippen LogP contribution >= 0.6 is 19.2 Å². The first-order chi connectivity index (χ1) is 5.58. The molecule has 0 aromatic carbocycles. The summed E-state index contributed by atoms with van der Waals surface area (Å²) >= 11 is 5.33. The molecule has 70 valence electrons. The Morgan fingerprint density at radius 3 is 2.58 bits per heavy atom. The predicted octanol–water partition coefficient (Wildman–Crippen LogP) is 2.34. The molecule has 0 saturated heterocycles. The van der Waals surface area contributed by atoms with Gasteiger partial charge in [0, 0.05) is 6.16 Å². The van der Waals surface area contributed by atoms with Crippen LogP contribution in [0.1, 0.15) is 13.8 Å². The molecule has 4 nitrogen and oxygen atoms in total. The number of nitriles is 1. The first-order valence-electron chi connectivity index (χ1n) is 3.53. The molecule has 0 aromatic rings. The van der Waals surface area contributed by atoms with Gasteiger partial charge in [-0.1, -0.05) is 18.5 Å². The van der Waals surface area contributed by atoms with Gasteiger partial charge in [-0.2, -0.15) is 5.26 Å². The minimum Gasteiger partial charge on any atom is -0.309 e. The largest absolute Gasteiger partial charge is 0.332 e. The van der Waals surface area contributed by atoms with Crippen molar-refractivity contribution in [2.75, 3.05) is 12.8 Å². The first-order valence-corrected chi connectivity index (χ1v) is 5.70. The van der Waals surface area contributed by atoms with Gasteiger partial charge in [0.25, 0.3) is 0 Å². The molecule has 2 unspecified atom stereocenters. The summed E-state index contributed by atoms with van der Waals surface area (Å²) in [7, 11) is -3.13. The van der Waals surface area contributed by atoms with Gasteiger partial charge in [-0.05, 0) is 6.92 Å². The van der Waals surface area contributed by atoms with Gasteiger partial charge in [0.15, 0.2) is 0 Å². The minimum absolute atomic E-state index is 0.214. The Hall–Kier alpha value is -0.0700. The molecule has 12 heavy (non-hydrogen) atoms. The minimum atomic E-state index is -3.13. The summed E-state index contributed by atoms with van der Waals surface area (Å²) in [6, 6.07) is 1.60. The topological polar surface area (TPSA) is 59.3 Å². The van der Waals surface area contributed by atoms with E-state index in [0.717, 1.165) is 0 Å². The number of hydrogen-bond acceptors (Lipinski definition) is 4. The lowest BCUT2D eigenvalue weighted by molar-refractivity contribution is 0.217. The maximum absolute atomic E-state index is 11.5. The zero-order valence-corrected chi connectivity index (χ0v) is 8.64. The SMILES string of the molecule is CCOP(=O)(CC)OC(Cl)C#N. The van der Waals surface area contributed by atoms with E-state index in [0.29, 0.717) is 0 Å². The predicted molar refractivity (Wildman–Crippen MR) is 46.1 cm³/mol. The number of rotatable bonds is 5. The number of nitrogens with zero attached hydrogens (tertiary/aromatic N) is 1. The molecule has 0 saturated carbocycles. The molecule has 2 atom stereocenters. The van der Waals surface area contributed by atoms with Gasteiger partial charge in [0.05, 0.1) is 6.61 Å². The van der Waals surface area contributed by atoms with E-state index in [-0.39, 0.29) is 12.8 Å². The van der Waals surface area contributed by atoms with Crippen molar-refractivity contribution in [3.8, 4) is 6.07 Å². The number of hydrogen-bond donors (Lipinski definition) is 0. The van der Waals surface area contributed by atoms with Crippen LogP contribution in [0.25, 0.3) is 0 Å². The van der Waals surface area contributed by atoms with Crippen molar-refractivity contribution in [3.63, 3.8) is 0 Å². The summed E-state index contributed by atoms with van der Waals surface area (Å²) in [5, 5.41) is 8.28. The Morgan fingerprint density at radius 2 is 2.25 bits per heavy atom. The highest BCUT2D eigenvalue weighted by molar-refractivity contribution is 7.53. The smallest absolute Gasteiger partial charge is 0.309 e. The van der Waals surface area contributed by atoms with Gasteiger partial charge >= 0.3 is 7.60 Å². The molecular formula is C6H11ClNO3P. The average Bonchev–Trinajstić information content (AvgIpc) is 2.05. The molecule has 0 aliphatic rings. The zero-order valence-electron chi connectivity index (χ0n) is 6.99. The van der Waals surface area contributed by atoms with Gasteiger partial charge in [0.1, 0.15) is 6.07 Å². The lowest BCUT2D eigenvalue weighted by Crippen LogP contribution is -2.04. The van der Waals surface area contributed by atoms with E-state index in [1.54, 1.807) is 19.9 Å². The van der Waals surface area contributed by atoms with Crippen molar-refractivity contribution >= 4 is 19.2 Å². The highest BCUT2D eigenvalue weighted by Gasteiger charge is 2.24. The fourth-order valence-corrected chi connectivity index (χ4v) is 2.04. The van der Waals surface area contributed by atoms with Crippen LogP contribution in [0.2, 0.25) is 0 Å². The van der Waals surface area contributed by atoms with Gasteiger partial charge in [-0.25, -0.2) is 0 Å². The Bertz CT molecular complexity index is 215. The normalized spacial score (nSPS) is 17.8. The zero-order chi connectivity index (χ0) is 9.61. The first kappa shape index (κ1) is 11.9. The molecule has 0 fully saturated rings. The van der Waals surface area contributed by atoms with Crippen molar-refractivity contribution < 1.29 is 13.6 Å². The Morgan fingerprint density at radius 1 is 1.67 bits per heavy atom. The summed E-state index contributed by atoms with van der Waals surface area (Å²) in [6.45, 7) is 3.62. The van der Waals surface area contributed by atoms with Crippen LogP contribution < -0.4 is 0 Å². The van der Waals surface area contributed by atoms with Crippen molar-refractivity contribution in [2.24, 2.45) is 0 Å². The van der Waals surface area contributed by atoms with Gasteiger partial charge in [-0.15, -0.1) is 0 Å². The molecular weight excluding hydrogens is 200 g/mol. The van der Waals surface area contributed by atoms with Crippen molar-refractivity contribution in [3.05, 3.63) is 0 Å². The van der Waals surface area contributed by atoms with Crippen LogP contribution in [0, 0.1) is 11.3 Å². The molecule has 0 aromatic heterocycles. The maximum Gasteiger partial charge on any atom is 0.332 e. The number of halogens is 1. The van der Waals surface area contributed by atoms with Crippen LogP contribution in [0.15, 0.2) is 0 Å². The second-order valence-corrected chi connectivity index (χ2v) is 4.62. The molecule has 6 heteroatoms. The fourth-order valence-electron chi connectivity index (χ4n) is 0.558. The van der Waals surface area contributed by atoms with E-state index < -0.39 is 13.2 Å². The standard InChI is InChI=1S/C6H11ClNO3P/c1-3-10-12(9,4-2)11-6(7)5-8/h6H,3-4H2,1-2H3.